The number of aromatic nitrogens is 2. The highest BCUT2D eigenvalue weighted by atomic mass is 16.6. The van der Waals surface area contributed by atoms with Crippen molar-refractivity contribution in [2.24, 2.45) is 0 Å². The number of ether oxygens (including phenoxy) is 1. The Hall–Kier alpha value is -3.52. The number of carboxylic acids is 1. The molecular formula is C23H20N2O6. The lowest BCUT2D eigenvalue weighted by molar-refractivity contribution is -0.172. The molecular weight excluding hydrogens is 400 g/mol. The van der Waals surface area contributed by atoms with Gasteiger partial charge in [-0.3, -0.25) is 9.59 Å². The fourth-order valence-electron chi connectivity index (χ4n) is 4.52. The molecule has 2 aromatic heterocycles. The van der Waals surface area contributed by atoms with Gasteiger partial charge in [0, 0.05) is 22.9 Å². The Morgan fingerprint density at radius 1 is 1.29 bits per heavy atom. The fraction of sp³-hybridized carbons (Fsp3) is 0.304. The number of cyclic esters (lactones) is 1. The van der Waals surface area contributed by atoms with Gasteiger partial charge in [-0.1, -0.05) is 19.1 Å². The van der Waals surface area contributed by atoms with Crippen LogP contribution in [0.15, 0.2) is 35.1 Å². The normalized spacial score (nSPS) is 19.0. The van der Waals surface area contributed by atoms with Crippen LogP contribution in [0.1, 0.15) is 42.0 Å². The number of hydrogen-bond donors (Lipinski definition) is 2. The number of aryl methyl sites for hydroxylation is 1. The molecule has 3 aromatic rings. The molecule has 158 valence electrons. The fourth-order valence-corrected chi connectivity index (χ4v) is 4.52. The Morgan fingerprint density at radius 2 is 2.10 bits per heavy atom. The van der Waals surface area contributed by atoms with Crippen LogP contribution < -0.4 is 5.56 Å². The van der Waals surface area contributed by atoms with Crippen molar-refractivity contribution in [1.29, 1.82) is 0 Å². The van der Waals surface area contributed by atoms with E-state index in [0.29, 0.717) is 29.9 Å². The number of carbonyl (C=O) groups is 2. The molecule has 0 spiro atoms. The maximum atomic E-state index is 13.2. The lowest BCUT2D eigenvalue weighted by atomic mass is 9.86. The third-order valence-electron chi connectivity index (χ3n) is 6.25. The van der Waals surface area contributed by atoms with Crippen molar-refractivity contribution in [3.05, 3.63) is 62.9 Å². The first-order chi connectivity index (χ1) is 14.8. The summed E-state index contributed by atoms with van der Waals surface area (Å²) in [7, 11) is 0. The van der Waals surface area contributed by atoms with Crippen molar-refractivity contribution >= 4 is 22.8 Å². The topological polar surface area (TPSA) is 119 Å². The lowest BCUT2D eigenvalue weighted by Crippen LogP contribution is -2.44. The smallest absolute Gasteiger partial charge is 0.343 e. The van der Waals surface area contributed by atoms with Crippen LogP contribution in [0.2, 0.25) is 0 Å². The summed E-state index contributed by atoms with van der Waals surface area (Å²) in [4.78, 5) is 41.2. The lowest BCUT2D eigenvalue weighted by Gasteiger charge is -2.31. The van der Waals surface area contributed by atoms with Crippen LogP contribution in [-0.4, -0.2) is 31.7 Å². The first kappa shape index (κ1) is 19.4. The van der Waals surface area contributed by atoms with Crippen LogP contribution in [0.3, 0.4) is 0 Å². The molecule has 31 heavy (non-hydrogen) atoms. The summed E-state index contributed by atoms with van der Waals surface area (Å²) in [5, 5.41) is 20.8. The number of carbonyl (C=O) groups excluding carboxylic acids is 1. The molecule has 1 aromatic carbocycles. The van der Waals surface area contributed by atoms with E-state index in [1.54, 1.807) is 17.6 Å². The van der Waals surface area contributed by atoms with Gasteiger partial charge in [0.2, 0.25) is 0 Å². The van der Waals surface area contributed by atoms with E-state index in [9.17, 15) is 19.5 Å². The van der Waals surface area contributed by atoms with Crippen molar-refractivity contribution in [2.75, 3.05) is 0 Å². The largest absolute Gasteiger partial charge is 0.481 e. The highest BCUT2D eigenvalue weighted by Crippen LogP contribution is 2.38. The summed E-state index contributed by atoms with van der Waals surface area (Å²) in [5.41, 5.74) is 2.01. The third kappa shape index (κ3) is 2.79. The predicted octanol–water partition coefficient (Wildman–Crippen LogP) is 2.10. The monoisotopic (exact) mass is 420 g/mol. The molecule has 4 heterocycles. The summed E-state index contributed by atoms with van der Waals surface area (Å²) in [6, 6.07) is 9.20. The number of carboxylic acid groups (broad SMARTS) is 1. The second-order valence-electron chi connectivity index (χ2n) is 7.98. The zero-order chi connectivity index (χ0) is 21.9. The summed E-state index contributed by atoms with van der Waals surface area (Å²) < 4.78 is 6.67. The molecule has 8 heteroatoms. The van der Waals surface area contributed by atoms with Gasteiger partial charge in [0.15, 0.2) is 5.60 Å². The first-order valence-electron chi connectivity index (χ1n) is 10.1. The Labute approximate surface area is 176 Å². The third-order valence-corrected chi connectivity index (χ3v) is 6.25. The summed E-state index contributed by atoms with van der Waals surface area (Å²) >= 11 is 0. The van der Waals surface area contributed by atoms with Crippen LogP contribution >= 0.6 is 0 Å². The maximum absolute atomic E-state index is 13.2. The van der Waals surface area contributed by atoms with Crippen LogP contribution in [0.25, 0.3) is 22.3 Å². The SMILES string of the molecule is CC[C@@]1(O)C(=O)OCc2c1cc1n(c2=O)Cc2cc3c(CCC(=O)O)cccc3nc2-1. The number of aliphatic carboxylic acids is 1. The van der Waals surface area contributed by atoms with Gasteiger partial charge >= 0.3 is 11.9 Å². The number of pyridine rings is 2. The molecule has 2 aliphatic heterocycles. The van der Waals surface area contributed by atoms with Gasteiger partial charge in [0.05, 0.1) is 29.0 Å². The molecule has 5 rings (SSSR count). The highest BCUT2D eigenvalue weighted by molar-refractivity contribution is 5.88. The van der Waals surface area contributed by atoms with Crippen molar-refractivity contribution < 1.29 is 24.5 Å². The number of benzene rings is 1. The zero-order valence-electron chi connectivity index (χ0n) is 16.8. The van der Waals surface area contributed by atoms with Gasteiger partial charge in [-0.2, -0.15) is 0 Å². The van der Waals surface area contributed by atoms with E-state index in [-0.39, 0.29) is 36.1 Å². The molecule has 2 aliphatic rings. The van der Waals surface area contributed by atoms with Crippen LogP contribution in [-0.2, 0) is 39.5 Å². The molecule has 0 amide bonds. The molecule has 0 fully saturated rings. The maximum Gasteiger partial charge on any atom is 0.343 e. The summed E-state index contributed by atoms with van der Waals surface area (Å²) in [5.74, 6) is -1.62. The summed E-state index contributed by atoms with van der Waals surface area (Å²) in [6.07, 6.45) is 0.496. The van der Waals surface area contributed by atoms with Gasteiger partial charge in [0.25, 0.3) is 5.56 Å². The Kier molecular flexibility index (Phi) is 4.23. The quantitative estimate of drug-likeness (QED) is 0.485. The van der Waals surface area contributed by atoms with E-state index < -0.39 is 17.5 Å². The molecule has 0 aliphatic carbocycles. The van der Waals surface area contributed by atoms with E-state index in [0.717, 1.165) is 16.5 Å². The Morgan fingerprint density at radius 3 is 2.84 bits per heavy atom. The van der Waals surface area contributed by atoms with Gasteiger partial charge in [-0.15, -0.1) is 0 Å². The minimum absolute atomic E-state index is 0.0201. The van der Waals surface area contributed by atoms with Crippen molar-refractivity contribution in [2.45, 2.75) is 44.9 Å². The number of aliphatic hydroxyl groups is 1. The van der Waals surface area contributed by atoms with Crippen LogP contribution in [0.5, 0.6) is 0 Å². The van der Waals surface area contributed by atoms with E-state index in [1.165, 1.54) is 0 Å². The molecule has 1 atom stereocenters. The number of esters is 1. The highest BCUT2D eigenvalue weighted by Gasteiger charge is 2.45. The molecule has 0 bridgehead atoms. The van der Waals surface area contributed by atoms with E-state index in [2.05, 4.69) is 0 Å². The van der Waals surface area contributed by atoms with E-state index in [1.807, 2.05) is 24.3 Å². The van der Waals surface area contributed by atoms with Crippen molar-refractivity contribution in [3.8, 4) is 11.4 Å². The average Bonchev–Trinajstić information content (AvgIpc) is 3.11. The predicted molar refractivity (Wildman–Crippen MR) is 110 cm³/mol. The van der Waals surface area contributed by atoms with Gasteiger partial charge in [-0.25, -0.2) is 9.78 Å². The Balaban J connectivity index is 1.69. The van der Waals surface area contributed by atoms with Crippen molar-refractivity contribution in [3.63, 3.8) is 0 Å². The van der Waals surface area contributed by atoms with Crippen LogP contribution in [0.4, 0.5) is 0 Å². The molecule has 0 saturated heterocycles. The van der Waals surface area contributed by atoms with E-state index in [4.69, 9.17) is 14.8 Å². The van der Waals surface area contributed by atoms with Gasteiger partial charge in [-0.05, 0) is 36.6 Å². The second-order valence-corrected chi connectivity index (χ2v) is 7.98. The Bertz CT molecular complexity index is 1340. The van der Waals surface area contributed by atoms with Crippen LogP contribution in [0, 0.1) is 0 Å². The molecule has 0 radical (unpaired) electrons. The molecule has 0 saturated carbocycles. The standard InChI is InChI=1S/C23H20N2O6/c1-2-23(30)16-9-18-20-13(10-25(18)21(28)15(16)11-31-22(23)29)8-14-12(6-7-19(26)27)4-3-5-17(14)24-20/h3-5,8-9,30H,2,6-7,10-11H2,1H3,(H,26,27)/t23-/m0/s1. The van der Waals surface area contributed by atoms with Gasteiger partial charge < -0.3 is 19.5 Å². The molecule has 8 nitrogen and oxygen atoms in total. The van der Waals surface area contributed by atoms with Crippen molar-refractivity contribution in [1.82, 2.24) is 9.55 Å². The molecule has 0 unspecified atom stereocenters. The zero-order valence-corrected chi connectivity index (χ0v) is 16.8. The summed E-state index contributed by atoms with van der Waals surface area (Å²) in [6.45, 7) is 1.81. The number of rotatable bonds is 4. The number of nitrogens with zero attached hydrogens (tertiary/aromatic N) is 2. The molecule has 2 N–H and O–H groups in total. The second kappa shape index (κ2) is 6.75. The van der Waals surface area contributed by atoms with E-state index >= 15 is 0 Å². The first-order valence-corrected chi connectivity index (χ1v) is 10.1. The minimum atomic E-state index is -1.86. The number of hydrogen-bond acceptors (Lipinski definition) is 6. The minimum Gasteiger partial charge on any atom is -0.481 e. The number of fused-ring (bicyclic) bond motifs is 5. The van der Waals surface area contributed by atoms with Gasteiger partial charge in [0.1, 0.15) is 6.61 Å². The average molecular weight is 420 g/mol.